The highest BCUT2D eigenvalue weighted by Gasteiger charge is 2.23. The average Bonchev–Trinajstić information content (AvgIpc) is 2.23. The van der Waals surface area contributed by atoms with Crippen LogP contribution in [0.15, 0.2) is 0 Å². The molecule has 0 unspecified atom stereocenters. The van der Waals surface area contributed by atoms with Crippen molar-refractivity contribution in [1.82, 2.24) is 4.90 Å². The maximum absolute atomic E-state index is 11.8. The summed E-state index contributed by atoms with van der Waals surface area (Å²) in [7, 11) is 0. The number of amides is 1. The molecule has 1 amide bonds. The largest absolute Gasteiger partial charge is 0.464 e. The van der Waals surface area contributed by atoms with Crippen LogP contribution in [0.5, 0.6) is 0 Å². The molecule has 0 aromatic heterocycles. The van der Waals surface area contributed by atoms with Crippen molar-refractivity contribution in [3.8, 4) is 12.3 Å². The molecular weight excluding hydrogens is 246 g/mol. The predicted molar refractivity (Wildman–Crippen MR) is 72.4 cm³/mol. The maximum atomic E-state index is 11.8. The van der Waals surface area contributed by atoms with Crippen LogP contribution in [0.25, 0.3) is 0 Å². The topological polar surface area (TPSA) is 55.8 Å². The summed E-state index contributed by atoms with van der Waals surface area (Å²) in [5.74, 6) is 2.07. The Labute approximate surface area is 115 Å². The molecule has 108 valence electrons. The molecule has 5 nitrogen and oxygen atoms in total. The Bertz CT molecular complexity index is 349. The van der Waals surface area contributed by atoms with Gasteiger partial charge in [-0.15, -0.1) is 6.42 Å². The molecule has 0 saturated heterocycles. The van der Waals surface area contributed by atoms with Crippen molar-refractivity contribution < 1.29 is 19.1 Å². The van der Waals surface area contributed by atoms with Crippen molar-refractivity contribution in [2.24, 2.45) is 5.92 Å². The number of esters is 1. The highest BCUT2D eigenvalue weighted by Crippen LogP contribution is 2.09. The summed E-state index contributed by atoms with van der Waals surface area (Å²) >= 11 is 0. The Balaban J connectivity index is 4.45. The molecule has 0 aromatic rings. The third-order valence-electron chi connectivity index (χ3n) is 1.83. The highest BCUT2D eigenvalue weighted by molar-refractivity contribution is 5.78. The van der Waals surface area contributed by atoms with E-state index in [9.17, 15) is 9.59 Å². The van der Waals surface area contributed by atoms with E-state index < -0.39 is 17.7 Å². The van der Waals surface area contributed by atoms with Gasteiger partial charge in [-0.2, -0.15) is 0 Å². The van der Waals surface area contributed by atoms with Gasteiger partial charge in [0.2, 0.25) is 0 Å². The summed E-state index contributed by atoms with van der Waals surface area (Å²) < 4.78 is 10.2. The molecule has 0 aliphatic carbocycles. The van der Waals surface area contributed by atoms with Gasteiger partial charge < -0.3 is 9.47 Å². The van der Waals surface area contributed by atoms with Crippen LogP contribution in [0, 0.1) is 18.3 Å². The van der Waals surface area contributed by atoms with Crippen LogP contribution in [0.1, 0.15) is 34.6 Å². The monoisotopic (exact) mass is 269 g/mol. The standard InChI is InChI=1S/C14H23NO4/c1-7-8-15(13(17)19-14(4,5)6)9-12(16)18-10-11(2)3/h1,11H,8-10H2,2-6H3. The third-order valence-corrected chi connectivity index (χ3v) is 1.83. The lowest BCUT2D eigenvalue weighted by Crippen LogP contribution is -2.40. The second kappa shape index (κ2) is 7.67. The van der Waals surface area contributed by atoms with Crippen LogP contribution < -0.4 is 0 Å². The van der Waals surface area contributed by atoms with Crippen LogP contribution in [-0.2, 0) is 14.3 Å². The SMILES string of the molecule is C#CCN(CC(=O)OCC(C)C)C(=O)OC(C)(C)C. The van der Waals surface area contributed by atoms with E-state index in [4.69, 9.17) is 15.9 Å². The Hall–Kier alpha value is -1.70. The van der Waals surface area contributed by atoms with Crippen LogP contribution in [-0.4, -0.2) is 42.3 Å². The van der Waals surface area contributed by atoms with E-state index in [-0.39, 0.29) is 19.0 Å². The molecule has 0 N–H and O–H groups in total. The molecule has 0 spiro atoms. The van der Waals surface area contributed by atoms with E-state index in [0.29, 0.717) is 6.61 Å². The molecule has 0 aliphatic heterocycles. The first kappa shape index (κ1) is 17.3. The third kappa shape index (κ3) is 8.95. The van der Waals surface area contributed by atoms with Gasteiger partial charge in [0.05, 0.1) is 13.2 Å². The lowest BCUT2D eigenvalue weighted by molar-refractivity contribution is -0.145. The van der Waals surface area contributed by atoms with Crippen molar-refractivity contribution in [2.45, 2.75) is 40.2 Å². The van der Waals surface area contributed by atoms with Gasteiger partial charge in [0.15, 0.2) is 0 Å². The number of terminal acetylenes is 1. The molecule has 5 heteroatoms. The van der Waals surface area contributed by atoms with Crippen LogP contribution in [0.3, 0.4) is 0 Å². The summed E-state index contributed by atoms with van der Waals surface area (Å²) in [6.07, 6.45) is 4.56. The zero-order valence-corrected chi connectivity index (χ0v) is 12.4. The van der Waals surface area contributed by atoms with Gasteiger partial charge in [0.1, 0.15) is 12.1 Å². The van der Waals surface area contributed by atoms with Crippen molar-refractivity contribution in [3.05, 3.63) is 0 Å². The van der Waals surface area contributed by atoms with E-state index in [1.165, 1.54) is 0 Å². The maximum Gasteiger partial charge on any atom is 0.411 e. The minimum Gasteiger partial charge on any atom is -0.464 e. The fraction of sp³-hybridized carbons (Fsp3) is 0.714. The number of carbonyl (C=O) groups is 2. The smallest absolute Gasteiger partial charge is 0.411 e. The molecule has 0 bridgehead atoms. The summed E-state index contributed by atoms with van der Waals surface area (Å²) in [5, 5.41) is 0. The van der Waals surface area contributed by atoms with Crippen molar-refractivity contribution in [2.75, 3.05) is 19.7 Å². The van der Waals surface area contributed by atoms with E-state index in [1.807, 2.05) is 13.8 Å². The molecule has 0 rings (SSSR count). The number of hydrogen-bond acceptors (Lipinski definition) is 4. The molecule has 0 aliphatic rings. The van der Waals surface area contributed by atoms with Gasteiger partial charge in [0, 0.05) is 0 Å². The van der Waals surface area contributed by atoms with Crippen molar-refractivity contribution in [3.63, 3.8) is 0 Å². The van der Waals surface area contributed by atoms with Crippen molar-refractivity contribution in [1.29, 1.82) is 0 Å². The summed E-state index contributed by atoms with van der Waals surface area (Å²) in [6, 6.07) is 0. The predicted octanol–water partition coefficient (Wildman–Crippen LogP) is 2.06. The zero-order chi connectivity index (χ0) is 15.1. The lowest BCUT2D eigenvalue weighted by atomic mass is 10.2. The fourth-order valence-electron chi connectivity index (χ4n) is 1.08. The quantitative estimate of drug-likeness (QED) is 0.566. The Morgan fingerprint density at radius 2 is 1.89 bits per heavy atom. The minimum atomic E-state index is -0.633. The molecule has 0 radical (unpaired) electrons. The molecule has 0 atom stereocenters. The number of carbonyl (C=O) groups excluding carboxylic acids is 2. The van der Waals surface area contributed by atoms with Crippen LogP contribution >= 0.6 is 0 Å². The van der Waals surface area contributed by atoms with Gasteiger partial charge in [-0.1, -0.05) is 19.8 Å². The molecule has 19 heavy (non-hydrogen) atoms. The summed E-state index contributed by atoms with van der Waals surface area (Å²) in [4.78, 5) is 24.5. The Morgan fingerprint density at radius 3 is 2.32 bits per heavy atom. The first-order valence-electron chi connectivity index (χ1n) is 6.22. The number of ether oxygens (including phenoxy) is 2. The fourth-order valence-corrected chi connectivity index (χ4v) is 1.08. The van der Waals surface area contributed by atoms with Gasteiger partial charge in [-0.25, -0.2) is 4.79 Å². The normalized spacial score (nSPS) is 10.8. The number of hydrogen-bond donors (Lipinski definition) is 0. The molecular formula is C14H23NO4. The van der Waals surface area contributed by atoms with Crippen molar-refractivity contribution >= 4 is 12.1 Å². The van der Waals surface area contributed by atoms with Gasteiger partial charge in [-0.3, -0.25) is 9.69 Å². The average molecular weight is 269 g/mol. The van der Waals surface area contributed by atoms with Crippen LogP contribution in [0.4, 0.5) is 4.79 Å². The number of nitrogens with zero attached hydrogens (tertiary/aromatic N) is 1. The minimum absolute atomic E-state index is 0.00565. The van der Waals surface area contributed by atoms with E-state index >= 15 is 0 Å². The molecule has 0 fully saturated rings. The van der Waals surface area contributed by atoms with Crippen LogP contribution in [0.2, 0.25) is 0 Å². The number of rotatable bonds is 5. The van der Waals surface area contributed by atoms with Gasteiger partial charge in [-0.05, 0) is 26.7 Å². The lowest BCUT2D eigenvalue weighted by Gasteiger charge is -2.25. The van der Waals surface area contributed by atoms with E-state index in [1.54, 1.807) is 20.8 Å². The summed E-state index contributed by atoms with van der Waals surface area (Å²) in [6.45, 7) is 9.22. The highest BCUT2D eigenvalue weighted by atomic mass is 16.6. The Morgan fingerprint density at radius 1 is 1.32 bits per heavy atom. The van der Waals surface area contributed by atoms with Gasteiger partial charge in [0.25, 0.3) is 0 Å². The van der Waals surface area contributed by atoms with Gasteiger partial charge >= 0.3 is 12.1 Å². The first-order valence-corrected chi connectivity index (χ1v) is 6.22. The second-order valence-corrected chi connectivity index (χ2v) is 5.62. The van der Waals surface area contributed by atoms with E-state index in [2.05, 4.69) is 5.92 Å². The molecule has 0 heterocycles. The van der Waals surface area contributed by atoms with E-state index in [0.717, 1.165) is 4.90 Å². The molecule has 0 saturated carbocycles. The second-order valence-electron chi connectivity index (χ2n) is 5.62. The molecule has 0 aromatic carbocycles. The first-order chi connectivity index (χ1) is 8.65. The summed E-state index contributed by atoms with van der Waals surface area (Å²) in [5.41, 5.74) is -0.633. The Kier molecular flexibility index (Phi) is 6.99. The zero-order valence-electron chi connectivity index (χ0n) is 12.4.